The number of amides is 2. The zero-order valence-corrected chi connectivity index (χ0v) is 13.8. The van der Waals surface area contributed by atoms with E-state index in [2.05, 4.69) is 25.7 Å². The maximum Gasteiger partial charge on any atom is 0.319 e. The van der Waals surface area contributed by atoms with Crippen LogP contribution < -0.4 is 15.4 Å². The summed E-state index contributed by atoms with van der Waals surface area (Å²) >= 11 is 0. The van der Waals surface area contributed by atoms with Crippen LogP contribution in [0.2, 0.25) is 0 Å². The molecule has 0 bridgehead atoms. The molecule has 0 spiro atoms. The van der Waals surface area contributed by atoms with E-state index in [-0.39, 0.29) is 12.1 Å². The van der Waals surface area contributed by atoms with Crippen molar-refractivity contribution in [3.05, 3.63) is 42.6 Å². The lowest BCUT2D eigenvalue weighted by Gasteiger charge is -2.23. The first-order valence-corrected chi connectivity index (χ1v) is 8.10. The van der Waals surface area contributed by atoms with E-state index >= 15 is 0 Å². The van der Waals surface area contributed by atoms with Crippen molar-refractivity contribution in [3.8, 4) is 5.75 Å². The van der Waals surface area contributed by atoms with Gasteiger partial charge in [0.1, 0.15) is 23.4 Å². The van der Waals surface area contributed by atoms with E-state index in [1.54, 1.807) is 25.7 Å². The third-order valence-electron chi connectivity index (χ3n) is 4.29. The van der Waals surface area contributed by atoms with Gasteiger partial charge in [-0.05, 0) is 18.6 Å². The summed E-state index contributed by atoms with van der Waals surface area (Å²) < 4.78 is 7.21. The average Bonchev–Trinajstić information content (AvgIpc) is 3.08. The minimum Gasteiger partial charge on any atom is -0.494 e. The Morgan fingerprint density at radius 1 is 1.36 bits per heavy atom. The highest BCUT2D eigenvalue weighted by Crippen LogP contribution is 2.28. The van der Waals surface area contributed by atoms with E-state index in [9.17, 15) is 4.79 Å². The summed E-state index contributed by atoms with van der Waals surface area (Å²) in [7, 11) is 1.59. The van der Waals surface area contributed by atoms with Crippen molar-refractivity contribution in [2.45, 2.75) is 25.4 Å². The number of pyridine rings is 1. The van der Waals surface area contributed by atoms with Crippen LogP contribution in [0.15, 0.2) is 36.8 Å². The lowest BCUT2D eigenvalue weighted by molar-refractivity contribution is 0.243. The summed E-state index contributed by atoms with van der Waals surface area (Å²) in [5.41, 5.74) is 1.43. The highest BCUT2D eigenvalue weighted by molar-refractivity contribution is 5.95. The lowest BCUT2D eigenvalue weighted by atomic mass is 10.1. The number of aromatic nitrogens is 4. The summed E-state index contributed by atoms with van der Waals surface area (Å²) in [4.78, 5) is 20.8. The first-order chi connectivity index (χ1) is 12.2. The molecule has 1 aromatic carbocycles. The lowest BCUT2D eigenvalue weighted by Crippen LogP contribution is -2.43. The Balaban J connectivity index is 1.47. The van der Waals surface area contributed by atoms with Crippen molar-refractivity contribution in [2.24, 2.45) is 0 Å². The van der Waals surface area contributed by atoms with E-state index in [1.807, 2.05) is 22.9 Å². The van der Waals surface area contributed by atoms with Gasteiger partial charge in [0.05, 0.1) is 19.7 Å². The highest BCUT2D eigenvalue weighted by atomic mass is 16.5. The normalized spacial score (nSPS) is 16.3. The van der Waals surface area contributed by atoms with Gasteiger partial charge >= 0.3 is 6.03 Å². The molecule has 0 saturated carbocycles. The molecule has 1 atom stereocenters. The van der Waals surface area contributed by atoms with E-state index < -0.39 is 0 Å². The van der Waals surface area contributed by atoms with Crippen molar-refractivity contribution in [1.82, 2.24) is 25.1 Å². The number of nitrogens with zero attached hydrogens (tertiary/aromatic N) is 4. The molecule has 3 heterocycles. The van der Waals surface area contributed by atoms with Crippen molar-refractivity contribution >= 4 is 22.6 Å². The highest BCUT2D eigenvalue weighted by Gasteiger charge is 2.21. The van der Waals surface area contributed by atoms with Crippen molar-refractivity contribution in [2.75, 3.05) is 12.4 Å². The topological polar surface area (TPSA) is 94.0 Å². The molecule has 1 aliphatic rings. The molecule has 8 heteroatoms. The van der Waals surface area contributed by atoms with Crippen molar-refractivity contribution < 1.29 is 9.53 Å². The van der Waals surface area contributed by atoms with Crippen LogP contribution in [-0.2, 0) is 13.0 Å². The van der Waals surface area contributed by atoms with E-state index in [4.69, 9.17) is 4.74 Å². The van der Waals surface area contributed by atoms with Crippen LogP contribution in [0.3, 0.4) is 0 Å². The van der Waals surface area contributed by atoms with Crippen LogP contribution in [0.25, 0.3) is 10.9 Å². The molecule has 0 fully saturated rings. The number of methoxy groups -OCH3 is 1. The average molecular weight is 338 g/mol. The second-order valence-electron chi connectivity index (χ2n) is 5.95. The van der Waals surface area contributed by atoms with E-state index in [0.29, 0.717) is 18.0 Å². The fourth-order valence-electron chi connectivity index (χ4n) is 3.09. The molecule has 128 valence electrons. The number of nitrogens with one attached hydrogen (secondary N) is 2. The number of ether oxygens (including phenoxy) is 1. The van der Waals surface area contributed by atoms with Gasteiger partial charge in [0, 0.05) is 29.8 Å². The number of hydrogen-bond donors (Lipinski definition) is 2. The van der Waals surface area contributed by atoms with Gasteiger partial charge < -0.3 is 15.4 Å². The molecule has 2 aromatic heterocycles. The number of carbonyl (C=O) groups excluding carboxylic acids is 1. The molecule has 25 heavy (non-hydrogen) atoms. The Kier molecular flexibility index (Phi) is 3.93. The standard InChI is InChI=1S/C17H18N6O2/c1-25-14-8-13(7-11-3-2-6-18-16(11)14)22-17(24)21-12-4-5-15-19-10-20-23(15)9-12/h2-3,6-8,10,12H,4-5,9H2,1H3,(H2,21,22,24). The predicted octanol–water partition coefficient (Wildman–Crippen LogP) is 1.97. The van der Waals surface area contributed by atoms with Crippen LogP contribution in [0, 0.1) is 0 Å². The van der Waals surface area contributed by atoms with Gasteiger partial charge in [0.2, 0.25) is 0 Å². The van der Waals surface area contributed by atoms with Gasteiger partial charge in [-0.1, -0.05) is 6.07 Å². The van der Waals surface area contributed by atoms with Gasteiger partial charge in [-0.15, -0.1) is 0 Å². The zero-order valence-electron chi connectivity index (χ0n) is 13.8. The molecule has 2 N–H and O–H groups in total. The van der Waals surface area contributed by atoms with Crippen LogP contribution in [0.1, 0.15) is 12.2 Å². The summed E-state index contributed by atoms with van der Waals surface area (Å²) in [5.74, 6) is 1.59. The fourth-order valence-corrected chi connectivity index (χ4v) is 3.09. The Bertz CT molecular complexity index is 922. The number of aryl methyl sites for hydroxylation is 1. The Labute approximate surface area is 144 Å². The van der Waals surface area contributed by atoms with Gasteiger partial charge in [0.25, 0.3) is 0 Å². The molecule has 0 saturated heterocycles. The van der Waals surface area contributed by atoms with E-state index in [1.165, 1.54) is 0 Å². The molecule has 0 radical (unpaired) electrons. The van der Waals surface area contributed by atoms with Crippen LogP contribution in [-0.4, -0.2) is 38.9 Å². The fraction of sp³-hybridized carbons (Fsp3) is 0.294. The smallest absolute Gasteiger partial charge is 0.319 e. The second kappa shape index (κ2) is 6.39. The SMILES string of the molecule is COc1cc(NC(=O)NC2CCc3ncnn3C2)cc2cccnc12. The quantitative estimate of drug-likeness (QED) is 0.761. The van der Waals surface area contributed by atoms with Crippen molar-refractivity contribution in [1.29, 1.82) is 0 Å². The van der Waals surface area contributed by atoms with Crippen molar-refractivity contribution in [3.63, 3.8) is 0 Å². The third kappa shape index (κ3) is 3.10. The van der Waals surface area contributed by atoms with Gasteiger partial charge in [-0.2, -0.15) is 5.10 Å². The minimum absolute atomic E-state index is 0.0261. The van der Waals surface area contributed by atoms with Gasteiger partial charge in [-0.3, -0.25) is 4.98 Å². The van der Waals surface area contributed by atoms with Gasteiger partial charge in [0.15, 0.2) is 0 Å². The second-order valence-corrected chi connectivity index (χ2v) is 5.95. The molecule has 0 aliphatic carbocycles. The maximum atomic E-state index is 12.3. The molecule has 1 aliphatic heterocycles. The maximum absolute atomic E-state index is 12.3. The monoisotopic (exact) mass is 338 g/mol. The van der Waals surface area contributed by atoms with Gasteiger partial charge in [-0.25, -0.2) is 14.5 Å². The molecule has 2 amide bonds. The van der Waals surface area contributed by atoms with E-state index in [0.717, 1.165) is 29.6 Å². The Morgan fingerprint density at radius 3 is 3.16 bits per heavy atom. The molecule has 8 nitrogen and oxygen atoms in total. The number of carbonyl (C=O) groups is 1. The number of rotatable bonds is 3. The summed E-state index contributed by atoms with van der Waals surface area (Å²) in [6.45, 7) is 0.633. The molecule has 3 aromatic rings. The zero-order chi connectivity index (χ0) is 17.2. The number of benzene rings is 1. The first kappa shape index (κ1) is 15.4. The molecular formula is C17H18N6O2. The third-order valence-corrected chi connectivity index (χ3v) is 4.29. The summed E-state index contributed by atoms with van der Waals surface area (Å²) in [6, 6.07) is 7.20. The number of fused-ring (bicyclic) bond motifs is 2. The Hall–Kier alpha value is -3.16. The number of anilines is 1. The molecular weight excluding hydrogens is 320 g/mol. The molecule has 4 rings (SSSR count). The minimum atomic E-state index is -0.251. The van der Waals surface area contributed by atoms with Crippen LogP contribution in [0.5, 0.6) is 5.75 Å². The summed E-state index contributed by atoms with van der Waals surface area (Å²) in [5, 5.41) is 10.9. The Morgan fingerprint density at radius 2 is 2.28 bits per heavy atom. The summed E-state index contributed by atoms with van der Waals surface area (Å²) in [6.07, 6.45) is 4.91. The molecule has 1 unspecified atom stereocenters. The van der Waals surface area contributed by atoms with Crippen LogP contribution in [0.4, 0.5) is 10.5 Å². The largest absolute Gasteiger partial charge is 0.494 e. The predicted molar refractivity (Wildman–Crippen MR) is 92.6 cm³/mol. The number of urea groups is 1. The van der Waals surface area contributed by atoms with Crippen LogP contribution >= 0.6 is 0 Å². The number of hydrogen-bond acceptors (Lipinski definition) is 5. The first-order valence-electron chi connectivity index (χ1n) is 8.10.